The molecule has 0 radical (unpaired) electrons. The Morgan fingerprint density at radius 2 is 1.69 bits per heavy atom. The average Bonchev–Trinajstić information content (AvgIpc) is 2.58. The van der Waals surface area contributed by atoms with Crippen LogP contribution in [-0.4, -0.2) is 42.1 Å². The van der Waals surface area contributed by atoms with Crippen molar-refractivity contribution < 1.29 is 26.3 Å². The molecule has 1 aromatic heterocycles. The molecule has 0 aliphatic carbocycles. The number of benzene rings is 1. The second-order valence-corrected chi connectivity index (χ2v) is 6.64. The fraction of sp³-hybridized carbons (Fsp3) is 0.444. The van der Waals surface area contributed by atoms with Crippen LogP contribution < -0.4 is 10.6 Å². The first-order valence-electron chi connectivity index (χ1n) is 8.66. The predicted molar refractivity (Wildman–Crippen MR) is 98.2 cm³/mol. The van der Waals surface area contributed by atoms with Gasteiger partial charge < -0.3 is 15.5 Å². The summed E-state index contributed by atoms with van der Waals surface area (Å²) in [6, 6.07) is 4.07. The highest BCUT2D eigenvalue weighted by Crippen LogP contribution is 2.36. The van der Waals surface area contributed by atoms with Crippen LogP contribution in [0, 0.1) is 6.92 Å². The molecular formula is C18H21F6N5. The molecule has 5 nitrogen and oxygen atoms in total. The summed E-state index contributed by atoms with van der Waals surface area (Å²) >= 11 is 0. The first-order valence-corrected chi connectivity index (χ1v) is 8.66. The Hall–Kier alpha value is -2.56. The number of rotatable bonds is 7. The van der Waals surface area contributed by atoms with Gasteiger partial charge in [-0.2, -0.15) is 31.3 Å². The molecule has 2 N–H and O–H groups in total. The van der Waals surface area contributed by atoms with Gasteiger partial charge in [-0.1, -0.05) is 6.07 Å². The minimum Gasteiger partial charge on any atom is -0.354 e. The summed E-state index contributed by atoms with van der Waals surface area (Å²) in [6.45, 7) is 2.28. The molecule has 0 spiro atoms. The van der Waals surface area contributed by atoms with E-state index in [4.69, 9.17) is 0 Å². The van der Waals surface area contributed by atoms with Crippen LogP contribution in [0.5, 0.6) is 0 Å². The molecule has 11 heteroatoms. The molecule has 0 fully saturated rings. The quantitative estimate of drug-likeness (QED) is 0.491. The Morgan fingerprint density at radius 1 is 1.00 bits per heavy atom. The zero-order valence-corrected chi connectivity index (χ0v) is 16.0. The van der Waals surface area contributed by atoms with E-state index in [1.807, 2.05) is 19.0 Å². The van der Waals surface area contributed by atoms with Gasteiger partial charge in [0.25, 0.3) is 0 Å². The van der Waals surface area contributed by atoms with Crippen molar-refractivity contribution in [3.63, 3.8) is 0 Å². The maximum Gasteiger partial charge on any atom is 0.433 e. The molecule has 2 rings (SSSR count). The molecule has 1 aromatic carbocycles. The first-order chi connectivity index (χ1) is 13.4. The predicted octanol–water partition coefficient (Wildman–Crippen LogP) is 4.93. The maximum absolute atomic E-state index is 13.2. The Balaban J connectivity index is 2.31. The third-order valence-corrected chi connectivity index (χ3v) is 3.98. The minimum absolute atomic E-state index is 0.00482. The van der Waals surface area contributed by atoms with Crippen LogP contribution in [0.25, 0.3) is 0 Å². The van der Waals surface area contributed by atoms with Gasteiger partial charge in [0, 0.05) is 18.3 Å². The van der Waals surface area contributed by atoms with Crippen molar-refractivity contribution in [2.24, 2.45) is 0 Å². The molecular weight excluding hydrogens is 400 g/mol. The maximum atomic E-state index is 13.2. The monoisotopic (exact) mass is 421 g/mol. The van der Waals surface area contributed by atoms with E-state index in [9.17, 15) is 26.3 Å². The van der Waals surface area contributed by atoms with Crippen molar-refractivity contribution in [3.8, 4) is 0 Å². The van der Waals surface area contributed by atoms with Crippen molar-refractivity contribution in [1.82, 2.24) is 14.9 Å². The zero-order valence-electron chi connectivity index (χ0n) is 16.0. The topological polar surface area (TPSA) is 53.1 Å². The minimum atomic E-state index is -4.73. The van der Waals surface area contributed by atoms with Gasteiger partial charge >= 0.3 is 12.4 Å². The van der Waals surface area contributed by atoms with Gasteiger partial charge in [-0.25, -0.2) is 4.98 Å². The lowest BCUT2D eigenvalue weighted by molar-refractivity contribution is -0.141. The van der Waals surface area contributed by atoms with Gasteiger partial charge in [-0.3, -0.25) is 0 Å². The molecule has 0 saturated heterocycles. The number of alkyl halides is 6. The van der Waals surface area contributed by atoms with Gasteiger partial charge in [0.1, 0.15) is 5.82 Å². The molecule has 0 bridgehead atoms. The SMILES string of the molecule is Cc1c(Nc2cc(C(F)(F)F)nc(NCCCN(C)C)n2)cccc1C(F)(F)F. The van der Waals surface area contributed by atoms with Crippen molar-refractivity contribution >= 4 is 17.5 Å². The highest BCUT2D eigenvalue weighted by molar-refractivity contribution is 5.63. The summed E-state index contributed by atoms with van der Waals surface area (Å²) < 4.78 is 78.7. The van der Waals surface area contributed by atoms with Crippen LogP contribution in [0.4, 0.5) is 43.8 Å². The number of nitrogens with one attached hydrogen (secondary N) is 2. The fourth-order valence-corrected chi connectivity index (χ4v) is 2.55. The fourth-order valence-electron chi connectivity index (χ4n) is 2.55. The Labute approximate surface area is 164 Å². The molecule has 29 heavy (non-hydrogen) atoms. The van der Waals surface area contributed by atoms with Gasteiger partial charge in [0.15, 0.2) is 5.69 Å². The molecule has 0 atom stereocenters. The van der Waals surface area contributed by atoms with E-state index in [2.05, 4.69) is 20.6 Å². The van der Waals surface area contributed by atoms with E-state index in [1.54, 1.807) is 0 Å². The second kappa shape index (κ2) is 8.85. The molecule has 1 heterocycles. The van der Waals surface area contributed by atoms with Crippen LogP contribution in [-0.2, 0) is 12.4 Å². The van der Waals surface area contributed by atoms with E-state index < -0.39 is 23.6 Å². The third-order valence-electron chi connectivity index (χ3n) is 3.98. The van der Waals surface area contributed by atoms with E-state index in [1.165, 1.54) is 19.1 Å². The van der Waals surface area contributed by atoms with Gasteiger partial charge in [-0.15, -0.1) is 0 Å². The van der Waals surface area contributed by atoms with E-state index in [0.717, 1.165) is 6.07 Å². The lowest BCUT2D eigenvalue weighted by Crippen LogP contribution is -2.18. The standard InChI is InChI=1S/C18H21F6N5/c1-11-12(17(19,20)21)6-4-7-13(11)26-15-10-14(18(22,23)24)27-16(28-15)25-8-5-9-29(2)3/h4,6-7,10H,5,8-9H2,1-3H3,(H2,25,26,27,28). The highest BCUT2D eigenvalue weighted by atomic mass is 19.4. The third kappa shape index (κ3) is 6.48. The van der Waals surface area contributed by atoms with Crippen LogP contribution in [0.3, 0.4) is 0 Å². The summed E-state index contributed by atoms with van der Waals surface area (Å²) in [5.41, 5.74) is -2.22. The number of aromatic nitrogens is 2. The smallest absolute Gasteiger partial charge is 0.354 e. The van der Waals surface area contributed by atoms with Crippen LogP contribution in [0.15, 0.2) is 24.3 Å². The van der Waals surface area contributed by atoms with Crippen LogP contribution >= 0.6 is 0 Å². The number of anilines is 3. The van der Waals surface area contributed by atoms with Gasteiger partial charge in [-0.05, 0) is 51.7 Å². The van der Waals surface area contributed by atoms with Crippen molar-refractivity contribution in [2.75, 3.05) is 37.8 Å². The summed E-state index contributed by atoms with van der Waals surface area (Å²) in [4.78, 5) is 9.34. The number of nitrogens with zero attached hydrogens (tertiary/aromatic N) is 3. The number of hydrogen-bond donors (Lipinski definition) is 2. The molecule has 0 unspecified atom stereocenters. The van der Waals surface area contributed by atoms with Crippen molar-refractivity contribution in [2.45, 2.75) is 25.7 Å². The summed E-state index contributed by atoms with van der Waals surface area (Å²) in [7, 11) is 3.72. The van der Waals surface area contributed by atoms with E-state index >= 15 is 0 Å². The van der Waals surface area contributed by atoms with Crippen molar-refractivity contribution in [3.05, 3.63) is 41.1 Å². The van der Waals surface area contributed by atoms with E-state index in [0.29, 0.717) is 25.6 Å². The normalized spacial score (nSPS) is 12.3. The summed E-state index contributed by atoms with van der Waals surface area (Å²) in [5.74, 6) is -0.518. The number of hydrogen-bond acceptors (Lipinski definition) is 5. The lowest BCUT2D eigenvalue weighted by atomic mass is 10.1. The summed E-state index contributed by atoms with van der Waals surface area (Å²) in [6.07, 6.45) is -8.67. The molecule has 0 aliphatic rings. The van der Waals surface area contributed by atoms with Crippen LogP contribution in [0.2, 0.25) is 0 Å². The lowest BCUT2D eigenvalue weighted by Gasteiger charge is -2.16. The zero-order chi connectivity index (χ0) is 21.8. The molecule has 0 saturated carbocycles. The first kappa shape index (κ1) is 22.7. The summed E-state index contributed by atoms with van der Waals surface area (Å²) in [5, 5.41) is 5.27. The number of halogens is 6. The molecule has 160 valence electrons. The van der Waals surface area contributed by atoms with Gasteiger partial charge in [0.2, 0.25) is 5.95 Å². The van der Waals surface area contributed by atoms with Crippen LogP contribution in [0.1, 0.15) is 23.2 Å². The molecule has 2 aromatic rings. The Bertz CT molecular complexity index is 832. The van der Waals surface area contributed by atoms with Gasteiger partial charge in [0.05, 0.1) is 5.56 Å². The second-order valence-electron chi connectivity index (χ2n) is 6.64. The largest absolute Gasteiger partial charge is 0.433 e. The van der Waals surface area contributed by atoms with Crippen molar-refractivity contribution in [1.29, 1.82) is 0 Å². The molecule has 0 amide bonds. The Morgan fingerprint density at radius 3 is 2.28 bits per heavy atom. The highest BCUT2D eigenvalue weighted by Gasteiger charge is 2.35. The Kier molecular flexibility index (Phi) is 6.93. The molecule has 0 aliphatic heterocycles. The average molecular weight is 421 g/mol. The van der Waals surface area contributed by atoms with E-state index in [-0.39, 0.29) is 23.0 Å².